The molecule has 0 radical (unpaired) electrons. The Morgan fingerprint density at radius 2 is 1.75 bits per heavy atom. The van der Waals surface area contributed by atoms with Gasteiger partial charge in [0, 0.05) is 28.7 Å². The zero-order valence-corrected chi connectivity index (χ0v) is 17.1. The zero-order chi connectivity index (χ0) is 23.1. The summed E-state index contributed by atoms with van der Waals surface area (Å²) < 4.78 is 11.3. The Hall–Kier alpha value is -2.79. The number of rotatable bonds is 2. The van der Waals surface area contributed by atoms with Gasteiger partial charge in [-0.3, -0.25) is 14.4 Å². The van der Waals surface area contributed by atoms with Gasteiger partial charge >= 0.3 is 5.97 Å². The minimum absolute atomic E-state index is 0.00908. The van der Waals surface area contributed by atoms with Crippen molar-refractivity contribution in [1.82, 2.24) is 0 Å². The SMILES string of the molecule is CC1OC(CC(=O)O)CC2=C1C(=O)c1c(O)c3c(c(O)c1C2=O)C1OC(C)C2(O)C(O)C312. The van der Waals surface area contributed by atoms with Crippen molar-refractivity contribution in [2.45, 2.75) is 68.2 Å². The lowest BCUT2D eigenvalue weighted by Crippen LogP contribution is -2.41. The lowest BCUT2D eigenvalue weighted by molar-refractivity contribution is -0.141. The molecule has 0 amide bonds. The number of phenolic OH excluding ortho intramolecular Hbond substituents is 2. The number of aromatic hydroxyl groups is 2. The molecule has 0 bridgehead atoms. The lowest BCUT2D eigenvalue weighted by atomic mass is 9.65. The maximum absolute atomic E-state index is 13.4. The van der Waals surface area contributed by atoms with E-state index >= 15 is 0 Å². The normalized spacial score (nSPS) is 40.7. The summed E-state index contributed by atoms with van der Waals surface area (Å²) in [6.45, 7) is 3.07. The van der Waals surface area contributed by atoms with Gasteiger partial charge in [0.05, 0.1) is 41.3 Å². The van der Waals surface area contributed by atoms with E-state index in [1.165, 1.54) is 6.92 Å². The molecule has 5 N–H and O–H groups in total. The van der Waals surface area contributed by atoms with Crippen molar-refractivity contribution in [3.63, 3.8) is 0 Å². The van der Waals surface area contributed by atoms with Gasteiger partial charge in [0.15, 0.2) is 11.6 Å². The van der Waals surface area contributed by atoms with E-state index in [0.717, 1.165) is 0 Å². The van der Waals surface area contributed by atoms with Crippen molar-refractivity contribution < 1.29 is 49.4 Å². The number of benzene rings is 1. The largest absolute Gasteiger partial charge is 0.507 e. The first-order valence-corrected chi connectivity index (χ1v) is 10.4. The molecule has 1 saturated heterocycles. The molecule has 1 aromatic carbocycles. The van der Waals surface area contributed by atoms with Crippen LogP contribution in [0.15, 0.2) is 11.1 Å². The van der Waals surface area contributed by atoms with Crippen LogP contribution in [-0.2, 0) is 19.7 Å². The average Bonchev–Trinajstić information content (AvgIpc) is 3.15. The predicted octanol–water partition coefficient (Wildman–Crippen LogP) is 0.242. The Morgan fingerprint density at radius 3 is 2.38 bits per heavy atom. The number of Topliss-reactive ketones (excluding diaryl/α,β-unsaturated/α-hetero) is 2. The quantitative estimate of drug-likeness (QED) is 0.398. The number of fused-ring (bicyclic) bond motifs is 3. The van der Waals surface area contributed by atoms with Gasteiger partial charge in [-0.25, -0.2) is 0 Å². The molecule has 32 heavy (non-hydrogen) atoms. The van der Waals surface area contributed by atoms with Crippen LogP contribution in [0.5, 0.6) is 11.5 Å². The van der Waals surface area contributed by atoms with E-state index in [0.29, 0.717) is 0 Å². The lowest BCUT2D eigenvalue weighted by Gasteiger charge is -2.41. The Labute approximate surface area is 180 Å². The van der Waals surface area contributed by atoms with E-state index in [-0.39, 0.29) is 40.7 Å². The molecule has 1 spiro atoms. The van der Waals surface area contributed by atoms with Crippen LogP contribution in [0.1, 0.15) is 64.6 Å². The summed E-state index contributed by atoms with van der Waals surface area (Å²) in [7, 11) is 0. The van der Waals surface area contributed by atoms with E-state index < -0.39 is 76.1 Å². The van der Waals surface area contributed by atoms with Crippen LogP contribution in [0, 0.1) is 0 Å². The Kier molecular flexibility index (Phi) is 3.46. The van der Waals surface area contributed by atoms with E-state index in [1.54, 1.807) is 6.92 Å². The smallest absolute Gasteiger partial charge is 0.305 e. The highest BCUT2D eigenvalue weighted by molar-refractivity contribution is 6.30. The summed E-state index contributed by atoms with van der Waals surface area (Å²) >= 11 is 0. The topological polar surface area (TPSA) is 171 Å². The average molecular weight is 444 g/mol. The minimum atomic E-state index is -1.67. The zero-order valence-electron chi connectivity index (χ0n) is 17.1. The van der Waals surface area contributed by atoms with Crippen molar-refractivity contribution in [2.24, 2.45) is 0 Å². The molecule has 2 heterocycles. The van der Waals surface area contributed by atoms with Crippen LogP contribution in [0.3, 0.4) is 0 Å². The summed E-state index contributed by atoms with van der Waals surface area (Å²) in [5.41, 5.74) is -3.63. The van der Waals surface area contributed by atoms with Crippen molar-refractivity contribution in [2.75, 3.05) is 0 Å². The monoisotopic (exact) mass is 444 g/mol. The highest BCUT2D eigenvalue weighted by Gasteiger charge is 2.92. The Bertz CT molecular complexity index is 1210. The molecule has 2 fully saturated rings. The van der Waals surface area contributed by atoms with Crippen LogP contribution in [0.25, 0.3) is 0 Å². The van der Waals surface area contributed by atoms with Gasteiger partial charge < -0.3 is 35.0 Å². The van der Waals surface area contributed by atoms with Gasteiger partial charge in [-0.2, -0.15) is 0 Å². The van der Waals surface area contributed by atoms with Gasteiger partial charge in [-0.15, -0.1) is 0 Å². The minimum Gasteiger partial charge on any atom is -0.507 e. The molecular weight excluding hydrogens is 424 g/mol. The number of ether oxygens (including phenoxy) is 2. The number of carbonyl (C=O) groups is 3. The number of aliphatic carboxylic acids is 1. The molecular formula is C22H20O10. The summed E-state index contributed by atoms with van der Waals surface area (Å²) in [6.07, 6.45) is -5.18. The molecule has 2 aliphatic heterocycles. The Balaban J connectivity index is 1.53. The van der Waals surface area contributed by atoms with Gasteiger partial charge in [0.1, 0.15) is 29.3 Å². The highest BCUT2D eigenvalue weighted by atomic mass is 16.6. The predicted molar refractivity (Wildman–Crippen MR) is 103 cm³/mol. The maximum atomic E-state index is 13.4. The number of hydrogen-bond acceptors (Lipinski definition) is 9. The number of carbonyl (C=O) groups excluding carboxylic acids is 2. The van der Waals surface area contributed by atoms with Crippen LogP contribution in [0.4, 0.5) is 0 Å². The van der Waals surface area contributed by atoms with E-state index in [4.69, 9.17) is 14.6 Å². The molecule has 3 aliphatic carbocycles. The molecule has 10 heteroatoms. The standard InChI is InChI=1S/C22H20O10/c1-5-10-8(3-7(31-5)4-9(23)24)15(25)11-12(16(10)26)18(28)14-13(17(11)27)19-21(14)20(29)22(21,30)6(2)32-19/h5-7,19-20,27-30H,3-4H2,1-2H3,(H,23,24). The molecule has 7 unspecified atom stereocenters. The van der Waals surface area contributed by atoms with Crippen LogP contribution in [-0.4, -0.2) is 73.1 Å². The van der Waals surface area contributed by atoms with Crippen molar-refractivity contribution in [3.8, 4) is 11.5 Å². The third kappa shape index (κ3) is 1.79. The maximum Gasteiger partial charge on any atom is 0.305 e. The third-order valence-electron chi connectivity index (χ3n) is 7.90. The van der Waals surface area contributed by atoms with Gasteiger partial charge in [0.25, 0.3) is 0 Å². The summed E-state index contributed by atoms with van der Waals surface area (Å²) in [5, 5.41) is 52.6. The van der Waals surface area contributed by atoms with Crippen LogP contribution in [0.2, 0.25) is 0 Å². The van der Waals surface area contributed by atoms with Crippen LogP contribution < -0.4 is 0 Å². The van der Waals surface area contributed by atoms with Crippen molar-refractivity contribution >= 4 is 17.5 Å². The second-order valence-corrected chi connectivity index (χ2v) is 9.24. The molecule has 10 nitrogen and oxygen atoms in total. The number of aliphatic hydroxyl groups is 2. The summed E-state index contributed by atoms with van der Waals surface area (Å²) in [5.74, 6) is -3.61. The molecule has 1 saturated carbocycles. The summed E-state index contributed by atoms with van der Waals surface area (Å²) in [4.78, 5) is 37.9. The number of hydrogen-bond donors (Lipinski definition) is 5. The number of phenols is 2. The number of carboxylic acid groups (broad SMARTS) is 1. The van der Waals surface area contributed by atoms with Gasteiger partial charge in [0.2, 0.25) is 0 Å². The van der Waals surface area contributed by atoms with E-state index in [9.17, 15) is 34.8 Å². The van der Waals surface area contributed by atoms with Crippen molar-refractivity contribution in [1.29, 1.82) is 0 Å². The highest BCUT2D eigenvalue weighted by Crippen LogP contribution is 2.81. The fraction of sp³-hybridized carbons (Fsp3) is 0.500. The molecule has 7 atom stereocenters. The third-order valence-corrected chi connectivity index (χ3v) is 7.90. The second kappa shape index (κ2) is 5.57. The first-order valence-electron chi connectivity index (χ1n) is 10.4. The first kappa shape index (κ1) is 19.9. The number of aliphatic hydroxyl groups excluding tert-OH is 1. The Morgan fingerprint density at radius 1 is 1.09 bits per heavy atom. The van der Waals surface area contributed by atoms with Gasteiger partial charge in [-0.1, -0.05) is 0 Å². The van der Waals surface area contributed by atoms with Gasteiger partial charge in [-0.05, 0) is 13.8 Å². The number of ketones is 2. The fourth-order valence-corrected chi connectivity index (χ4v) is 6.48. The number of carboxylic acids is 1. The van der Waals surface area contributed by atoms with E-state index in [1.807, 2.05) is 0 Å². The van der Waals surface area contributed by atoms with Crippen molar-refractivity contribution in [3.05, 3.63) is 33.4 Å². The van der Waals surface area contributed by atoms with Crippen LogP contribution >= 0.6 is 0 Å². The molecule has 0 aromatic heterocycles. The fourth-order valence-electron chi connectivity index (χ4n) is 6.48. The molecule has 6 rings (SSSR count). The summed E-state index contributed by atoms with van der Waals surface area (Å²) in [6, 6.07) is 0. The second-order valence-electron chi connectivity index (χ2n) is 9.24. The molecule has 1 aromatic rings. The molecule has 168 valence electrons. The first-order chi connectivity index (χ1) is 15.0. The molecule has 5 aliphatic rings. The van der Waals surface area contributed by atoms with E-state index in [2.05, 4.69) is 0 Å².